The second-order valence-corrected chi connectivity index (χ2v) is 15.8. The largest absolute Gasteiger partial charge is 0.353 e. The molecule has 5 heteroatoms. The predicted molar refractivity (Wildman–Crippen MR) is 54.9 cm³/mol. The van der Waals surface area contributed by atoms with E-state index in [4.69, 9.17) is 9.47 Å². The maximum absolute atomic E-state index is 5.15. The summed E-state index contributed by atoms with van der Waals surface area (Å²) in [7, 11) is 0. The van der Waals surface area contributed by atoms with Crippen molar-refractivity contribution in [3.63, 3.8) is 0 Å². The van der Waals surface area contributed by atoms with Crippen LogP contribution in [0.3, 0.4) is 0 Å². The molecule has 0 aliphatic heterocycles. The molecule has 0 saturated carbocycles. The quantitative estimate of drug-likeness (QED) is 0.556. The first kappa shape index (κ1) is 16.0. The molecule has 71 valence electrons. The molecule has 2 nitrogen and oxygen atoms in total. The van der Waals surface area contributed by atoms with E-state index in [1.54, 1.807) is 0 Å². The molecule has 0 aliphatic carbocycles. The second-order valence-electron chi connectivity index (χ2n) is 1.73. The summed E-state index contributed by atoms with van der Waals surface area (Å²) in [4.78, 5) is 0. The van der Waals surface area contributed by atoms with E-state index < -0.39 is 0 Å². The first-order valence-corrected chi connectivity index (χ1v) is 17.8. The van der Waals surface area contributed by atoms with Crippen LogP contribution in [0.25, 0.3) is 0 Å². The Morgan fingerprint density at radius 1 is 1.25 bits per heavy atom. The van der Waals surface area contributed by atoms with Crippen molar-refractivity contribution in [2.45, 2.75) is 26.6 Å². The van der Waals surface area contributed by atoms with E-state index in [0.29, 0.717) is 19.6 Å². The summed E-state index contributed by atoms with van der Waals surface area (Å²) < 4.78 is 10.3. The smallest absolute Gasteiger partial charge is 0.157 e. The van der Waals surface area contributed by atoms with Crippen LogP contribution in [0.1, 0.15) is 20.3 Å². The Kier molecular flexibility index (Phi) is 19.9. The van der Waals surface area contributed by atoms with Crippen molar-refractivity contribution in [1.29, 1.82) is 0 Å². The molecule has 0 unspecified atom stereocenters. The van der Waals surface area contributed by atoms with Gasteiger partial charge in [-0.15, -0.1) is 0 Å². The third-order valence-electron chi connectivity index (χ3n) is 0.941. The van der Waals surface area contributed by atoms with Crippen molar-refractivity contribution < 1.29 is 22.7 Å². The van der Waals surface area contributed by atoms with E-state index in [0.717, 1.165) is 0 Å². The molecule has 0 aliphatic rings. The van der Waals surface area contributed by atoms with Gasteiger partial charge in [-0.3, -0.25) is 0 Å². The molecular formula is C7H15Br2O2Zn. The van der Waals surface area contributed by atoms with Gasteiger partial charge >= 0.3 is 40.5 Å². The van der Waals surface area contributed by atoms with Gasteiger partial charge in [-0.2, -0.15) is 0 Å². The molecule has 1 radical (unpaired) electrons. The Balaban J connectivity index is 0. The Morgan fingerprint density at radius 2 is 1.58 bits per heavy atom. The third kappa shape index (κ3) is 14.1. The van der Waals surface area contributed by atoms with Crippen molar-refractivity contribution in [3.8, 4) is 0 Å². The molecule has 12 heavy (non-hydrogen) atoms. The minimum Gasteiger partial charge on any atom is -0.353 e. The van der Waals surface area contributed by atoms with E-state index in [-0.39, 0.29) is 19.5 Å². The molecular weight excluding hydrogens is 341 g/mol. The van der Waals surface area contributed by atoms with Gasteiger partial charge in [-0.25, -0.2) is 0 Å². The Bertz CT molecular complexity index is 70.4. The Hall–Kier alpha value is 1.50. The molecule has 0 fully saturated rings. The zero-order valence-electron chi connectivity index (χ0n) is 7.69. The van der Waals surface area contributed by atoms with Crippen molar-refractivity contribution in [3.05, 3.63) is 6.92 Å². The van der Waals surface area contributed by atoms with Gasteiger partial charge < -0.3 is 9.47 Å². The molecule has 0 aromatic rings. The van der Waals surface area contributed by atoms with E-state index >= 15 is 0 Å². The Labute approximate surface area is 96.1 Å². The van der Waals surface area contributed by atoms with E-state index in [2.05, 4.69) is 34.2 Å². The van der Waals surface area contributed by atoms with Crippen molar-refractivity contribution in [2.75, 3.05) is 13.2 Å². The number of halogens is 2. The molecule has 0 aromatic carbocycles. The number of rotatable bonds is 5. The fourth-order valence-corrected chi connectivity index (χ4v) is 0.587. The summed E-state index contributed by atoms with van der Waals surface area (Å²) in [5.41, 5.74) is 0. The van der Waals surface area contributed by atoms with E-state index in [9.17, 15) is 0 Å². The summed E-state index contributed by atoms with van der Waals surface area (Å²) in [5.74, 6) is 0. The maximum atomic E-state index is 5.15. The van der Waals surface area contributed by atoms with E-state index in [1.165, 1.54) is 0 Å². The molecule has 0 aromatic heterocycles. The standard InChI is InChI=1S/C7H15O2.2BrH.Zn/c1-4-7(8-5-2)9-6-3;;;/h7H,1,4-6H2,2-3H3;2*1H;/q;;;+2/p-2. The molecule has 0 amide bonds. The molecule has 0 spiro atoms. The third-order valence-corrected chi connectivity index (χ3v) is 0.941. The summed E-state index contributed by atoms with van der Waals surface area (Å²) in [6, 6.07) is 0. The second kappa shape index (κ2) is 15.0. The van der Waals surface area contributed by atoms with Crippen LogP contribution in [0, 0.1) is 6.92 Å². The van der Waals surface area contributed by atoms with Crippen LogP contribution in [-0.4, -0.2) is 19.5 Å². The van der Waals surface area contributed by atoms with Gasteiger partial charge in [0.1, 0.15) is 0 Å². The van der Waals surface area contributed by atoms with Crippen LogP contribution in [0.2, 0.25) is 0 Å². The van der Waals surface area contributed by atoms with Crippen LogP contribution in [0.15, 0.2) is 0 Å². The minimum atomic E-state index is -0.250. The van der Waals surface area contributed by atoms with Gasteiger partial charge in [0.25, 0.3) is 0 Å². The van der Waals surface area contributed by atoms with E-state index in [1.807, 2.05) is 13.8 Å². The van der Waals surface area contributed by atoms with Crippen LogP contribution < -0.4 is 0 Å². The van der Waals surface area contributed by atoms with Gasteiger partial charge in [0, 0.05) is 13.2 Å². The summed E-state index contributed by atoms with van der Waals surface area (Å²) in [6.45, 7) is 8.95. The summed E-state index contributed by atoms with van der Waals surface area (Å²) in [5, 5.41) is 0. The molecule has 0 rings (SSSR count). The van der Waals surface area contributed by atoms with Crippen LogP contribution >= 0.6 is 27.2 Å². The topological polar surface area (TPSA) is 18.5 Å². The number of ether oxygens (including phenoxy) is 2. The first-order valence-electron chi connectivity index (χ1n) is 3.91. The monoisotopic (exact) mass is 353 g/mol. The van der Waals surface area contributed by atoms with Crippen LogP contribution in [-0.2, 0) is 22.7 Å². The minimum absolute atomic E-state index is 0.0972. The van der Waals surface area contributed by atoms with Gasteiger partial charge in [-0.1, -0.05) is 0 Å². The van der Waals surface area contributed by atoms with Gasteiger partial charge in [0.15, 0.2) is 6.29 Å². The zero-order chi connectivity index (χ0) is 9.82. The number of hydrogen-bond donors (Lipinski definition) is 0. The first-order chi connectivity index (χ1) is 5.76. The van der Waals surface area contributed by atoms with Gasteiger partial charge in [0.05, 0.1) is 0 Å². The fourth-order valence-electron chi connectivity index (χ4n) is 0.587. The molecule has 0 bridgehead atoms. The fraction of sp³-hybridized carbons (Fsp3) is 0.857. The molecule has 0 saturated heterocycles. The average Bonchev–Trinajstić information content (AvgIpc) is 2.05. The SMILES string of the molecule is [Br][Zn][Br].[CH2]CC(OCC)OCC. The van der Waals surface area contributed by atoms with Crippen molar-refractivity contribution >= 4 is 27.2 Å². The maximum Gasteiger partial charge on any atom is 0.157 e. The zero-order valence-corrected chi connectivity index (χ0v) is 13.8. The summed E-state index contributed by atoms with van der Waals surface area (Å²) in [6.07, 6.45) is 0.585. The molecule has 0 atom stereocenters. The van der Waals surface area contributed by atoms with Gasteiger partial charge in [-0.05, 0) is 27.2 Å². The number of hydrogen-bond acceptors (Lipinski definition) is 2. The van der Waals surface area contributed by atoms with Gasteiger partial charge in [0.2, 0.25) is 0 Å². The average molecular weight is 356 g/mol. The van der Waals surface area contributed by atoms with Crippen LogP contribution in [0.4, 0.5) is 0 Å². The van der Waals surface area contributed by atoms with Crippen LogP contribution in [0.5, 0.6) is 0 Å². The molecule has 0 N–H and O–H groups in total. The normalized spacial score (nSPS) is 8.83. The Morgan fingerprint density at radius 3 is 1.75 bits per heavy atom. The summed E-state index contributed by atoms with van der Waals surface area (Å²) >= 11 is 6.25. The molecule has 0 heterocycles. The van der Waals surface area contributed by atoms with Crippen molar-refractivity contribution in [2.24, 2.45) is 0 Å². The van der Waals surface area contributed by atoms with Crippen molar-refractivity contribution in [1.82, 2.24) is 0 Å². The predicted octanol–water partition coefficient (Wildman–Crippen LogP) is 3.30.